The van der Waals surface area contributed by atoms with Crippen molar-refractivity contribution >= 4 is 0 Å². The Labute approximate surface area is 118 Å². The van der Waals surface area contributed by atoms with Gasteiger partial charge in [0.25, 0.3) is 0 Å². The Morgan fingerprint density at radius 2 is 1.90 bits per heavy atom. The highest BCUT2D eigenvalue weighted by atomic mass is 16.5. The number of nitrogens with zero attached hydrogens (tertiary/aromatic N) is 1. The predicted molar refractivity (Wildman–Crippen MR) is 77.2 cm³/mol. The van der Waals surface area contributed by atoms with Crippen molar-refractivity contribution in [1.82, 2.24) is 4.57 Å². The lowest BCUT2D eigenvalue weighted by atomic mass is 9.86. The molecule has 1 aliphatic rings. The van der Waals surface area contributed by atoms with Crippen LogP contribution in [-0.4, -0.2) is 4.57 Å². The zero-order valence-corrected chi connectivity index (χ0v) is 11.5. The quantitative estimate of drug-likeness (QED) is 0.879. The summed E-state index contributed by atoms with van der Waals surface area (Å²) in [5, 5.41) is 7.67. The Hall–Kier alpha value is -2.07. The molecule has 0 fully saturated rings. The van der Waals surface area contributed by atoms with Gasteiger partial charge in [-0.1, -0.05) is 24.3 Å². The molecule has 0 saturated carbocycles. The van der Waals surface area contributed by atoms with E-state index < -0.39 is 0 Å². The monoisotopic (exact) mass is 269 g/mol. The molecule has 20 heavy (non-hydrogen) atoms. The maximum absolute atomic E-state index is 7.67. The zero-order valence-electron chi connectivity index (χ0n) is 11.5. The van der Waals surface area contributed by atoms with Gasteiger partial charge in [0.05, 0.1) is 0 Å². The smallest absolute Gasteiger partial charge is 0.136 e. The first-order chi connectivity index (χ1) is 9.65. The minimum Gasteiger partial charge on any atom is -0.484 e. The van der Waals surface area contributed by atoms with Crippen LogP contribution in [0.2, 0.25) is 0 Å². The number of aryl methyl sites for hydroxylation is 1. The van der Waals surface area contributed by atoms with Crippen molar-refractivity contribution < 1.29 is 4.74 Å². The van der Waals surface area contributed by atoms with Crippen LogP contribution >= 0.6 is 0 Å². The normalized spacial score (nSPS) is 21.3. The lowest BCUT2D eigenvalue weighted by Gasteiger charge is -2.30. The fourth-order valence-corrected chi connectivity index (χ4v) is 2.72. The average molecular weight is 269 g/mol. The van der Waals surface area contributed by atoms with E-state index in [4.69, 9.17) is 15.9 Å². The van der Waals surface area contributed by atoms with E-state index in [1.807, 2.05) is 31.4 Å². The van der Waals surface area contributed by atoms with Crippen molar-refractivity contribution in [3.05, 3.63) is 59.2 Å². The molecule has 0 amide bonds. The number of fused-ring (bicyclic) bond motifs is 1. The molecule has 4 nitrogen and oxygen atoms in total. The standard InChI is InChI=1S/C16H19N3O/c1-19-10-11(6-9-16(19)18)20-15-8-7-14(17)12-4-2-3-5-13(12)15/h2-6,9-10,14-15,18H,7-8,17H2,1H3. The fraction of sp³-hybridized carbons (Fsp3) is 0.312. The van der Waals surface area contributed by atoms with E-state index in [0.717, 1.165) is 18.6 Å². The minimum atomic E-state index is 0.0441. The summed E-state index contributed by atoms with van der Waals surface area (Å²) < 4.78 is 7.85. The SMILES string of the molecule is Cn1cc(OC2CCC(N)c3ccccc32)ccc1=N. The van der Waals surface area contributed by atoms with Crippen LogP contribution in [0.3, 0.4) is 0 Å². The van der Waals surface area contributed by atoms with E-state index in [0.29, 0.717) is 5.49 Å². The second-order valence-corrected chi connectivity index (χ2v) is 5.28. The molecule has 0 saturated heterocycles. The highest BCUT2D eigenvalue weighted by Crippen LogP contribution is 2.37. The molecule has 1 aromatic carbocycles. The van der Waals surface area contributed by atoms with E-state index in [1.165, 1.54) is 11.1 Å². The first-order valence-corrected chi connectivity index (χ1v) is 6.87. The Kier molecular flexibility index (Phi) is 3.32. The van der Waals surface area contributed by atoms with Gasteiger partial charge in [0.1, 0.15) is 17.3 Å². The maximum Gasteiger partial charge on any atom is 0.136 e. The molecular weight excluding hydrogens is 250 g/mol. The van der Waals surface area contributed by atoms with Crippen LogP contribution < -0.4 is 16.0 Å². The van der Waals surface area contributed by atoms with Crippen molar-refractivity contribution in [3.63, 3.8) is 0 Å². The number of rotatable bonds is 2. The molecule has 1 aromatic heterocycles. The molecule has 0 spiro atoms. The van der Waals surface area contributed by atoms with E-state index >= 15 is 0 Å². The molecule has 0 radical (unpaired) electrons. The number of pyridine rings is 1. The Balaban J connectivity index is 1.90. The van der Waals surface area contributed by atoms with Crippen molar-refractivity contribution in [3.8, 4) is 5.75 Å². The van der Waals surface area contributed by atoms with Crippen LogP contribution in [-0.2, 0) is 7.05 Å². The van der Waals surface area contributed by atoms with Crippen molar-refractivity contribution in [2.75, 3.05) is 0 Å². The lowest BCUT2D eigenvalue weighted by Crippen LogP contribution is -2.23. The van der Waals surface area contributed by atoms with Crippen LogP contribution in [0.5, 0.6) is 5.75 Å². The molecule has 4 heteroatoms. The van der Waals surface area contributed by atoms with Crippen molar-refractivity contribution in [2.24, 2.45) is 12.8 Å². The molecule has 0 aliphatic heterocycles. The molecule has 104 valence electrons. The van der Waals surface area contributed by atoms with Gasteiger partial charge in [0.2, 0.25) is 0 Å². The largest absolute Gasteiger partial charge is 0.484 e. The summed E-state index contributed by atoms with van der Waals surface area (Å²) in [6.45, 7) is 0. The molecule has 3 N–H and O–H groups in total. The van der Waals surface area contributed by atoms with Gasteiger partial charge in [-0.3, -0.25) is 5.41 Å². The maximum atomic E-state index is 7.67. The minimum absolute atomic E-state index is 0.0441. The van der Waals surface area contributed by atoms with Gasteiger partial charge in [-0.15, -0.1) is 0 Å². The Bertz CT molecular complexity index is 677. The Morgan fingerprint density at radius 3 is 2.65 bits per heavy atom. The summed E-state index contributed by atoms with van der Waals surface area (Å²) in [5.41, 5.74) is 8.99. The van der Waals surface area contributed by atoms with Crippen molar-refractivity contribution in [1.29, 1.82) is 5.41 Å². The summed E-state index contributed by atoms with van der Waals surface area (Å²) in [6, 6.07) is 11.9. The molecule has 2 unspecified atom stereocenters. The molecule has 2 aromatic rings. The third-order valence-electron chi connectivity index (χ3n) is 3.87. The first kappa shape index (κ1) is 12.9. The molecule has 2 atom stereocenters. The number of aromatic nitrogens is 1. The second kappa shape index (κ2) is 5.13. The van der Waals surface area contributed by atoms with Crippen LogP contribution in [0.1, 0.15) is 36.1 Å². The predicted octanol–water partition coefficient (Wildman–Crippen LogP) is 2.42. The van der Waals surface area contributed by atoms with E-state index in [1.54, 1.807) is 10.6 Å². The van der Waals surface area contributed by atoms with Crippen LogP contribution in [0.25, 0.3) is 0 Å². The van der Waals surface area contributed by atoms with Gasteiger partial charge in [-0.25, -0.2) is 0 Å². The van der Waals surface area contributed by atoms with E-state index in [9.17, 15) is 0 Å². The molecule has 0 bridgehead atoms. The van der Waals surface area contributed by atoms with Gasteiger partial charge in [-0.05, 0) is 36.1 Å². The van der Waals surface area contributed by atoms with Gasteiger partial charge < -0.3 is 15.0 Å². The Morgan fingerprint density at radius 1 is 1.15 bits per heavy atom. The number of hydrogen-bond donors (Lipinski definition) is 2. The van der Waals surface area contributed by atoms with Crippen LogP contribution in [0, 0.1) is 5.41 Å². The summed E-state index contributed by atoms with van der Waals surface area (Å²) in [6.07, 6.45) is 3.75. The average Bonchev–Trinajstić information content (AvgIpc) is 2.46. The number of nitrogens with two attached hydrogens (primary N) is 1. The van der Waals surface area contributed by atoms with Crippen LogP contribution in [0.15, 0.2) is 42.6 Å². The summed E-state index contributed by atoms with van der Waals surface area (Å²) >= 11 is 0. The number of ether oxygens (including phenoxy) is 1. The summed E-state index contributed by atoms with van der Waals surface area (Å²) in [4.78, 5) is 0. The van der Waals surface area contributed by atoms with Gasteiger partial charge >= 0.3 is 0 Å². The molecule has 1 heterocycles. The summed E-state index contributed by atoms with van der Waals surface area (Å²) in [7, 11) is 1.85. The van der Waals surface area contributed by atoms with Crippen LogP contribution in [0.4, 0.5) is 0 Å². The van der Waals surface area contributed by atoms with E-state index in [2.05, 4.69) is 12.1 Å². The molecule has 3 rings (SSSR count). The van der Waals surface area contributed by atoms with Crippen molar-refractivity contribution in [2.45, 2.75) is 25.0 Å². The topological polar surface area (TPSA) is 64.0 Å². The highest BCUT2D eigenvalue weighted by molar-refractivity contribution is 5.34. The van der Waals surface area contributed by atoms with Gasteiger partial charge in [0.15, 0.2) is 0 Å². The molecule has 1 aliphatic carbocycles. The van der Waals surface area contributed by atoms with Gasteiger partial charge in [-0.2, -0.15) is 0 Å². The zero-order chi connectivity index (χ0) is 14.1. The molecular formula is C16H19N3O. The van der Waals surface area contributed by atoms with E-state index in [-0.39, 0.29) is 12.1 Å². The third-order valence-corrected chi connectivity index (χ3v) is 3.87. The third kappa shape index (κ3) is 2.34. The number of hydrogen-bond acceptors (Lipinski definition) is 3. The highest BCUT2D eigenvalue weighted by Gasteiger charge is 2.26. The number of benzene rings is 1. The lowest BCUT2D eigenvalue weighted by molar-refractivity contribution is 0.175. The fourth-order valence-electron chi connectivity index (χ4n) is 2.72. The van der Waals surface area contributed by atoms with Gasteiger partial charge in [0, 0.05) is 19.3 Å². The number of nitrogens with one attached hydrogen (secondary N) is 1. The second-order valence-electron chi connectivity index (χ2n) is 5.28. The summed E-state index contributed by atoms with van der Waals surface area (Å²) in [5.74, 6) is 0.791. The first-order valence-electron chi connectivity index (χ1n) is 6.87.